The maximum Gasteiger partial charge on any atom is 0.320 e. The fraction of sp³-hybridized carbons (Fsp3) is 0.462. The summed E-state index contributed by atoms with van der Waals surface area (Å²) in [7, 11) is 0. The number of nitrogens with zero attached hydrogens (tertiary/aromatic N) is 1. The predicted molar refractivity (Wildman–Crippen MR) is 70.6 cm³/mol. The molecule has 0 aliphatic carbocycles. The lowest BCUT2D eigenvalue weighted by atomic mass is 10.0. The summed E-state index contributed by atoms with van der Waals surface area (Å²) in [6.07, 6.45) is 3.39. The van der Waals surface area contributed by atoms with Crippen LogP contribution in [-0.2, 0) is 16.1 Å². The highest BCUT2D eigenvalue weighted by Gasteiger charge is 2.20. The Morgan fingerprint density at radius 1 is 1.26 bits per heavy atom. The van der Waals surface area contributed by atoms with Crippen molar-refractivity contribution in [3.05, 3.63) is 30.1 Å². The number of hydrogen-bond acceptors (Lipinski definition) is 4. The molecule has 0 aliphatic rings. The molecule has 0 aliphatic heterocycles. The lowest BCUT2D eigenvalue weighted by Crippen LogP contribution is -2.40. The molecule has 0 saturated heterocycles. The van der Waals surface area contributed by atoms with Crippen LogP contribution in [0.5, 0.6) is 0 Å². The minimum absolute atomic E-state index is 0.0735. The first-order valence-electron chi connectivity index (χ1n) is 5.89. The summed E-state index contributed by atoms with van der Waals surface area (Å²) in [5.41, 5.74) is 1.04. The molecule has 0 fully saturated rings. The first kappa shape index (κ1) is 17.1. The maximum atomic E-state index is 10.9. The number of hydrogen-bond donors (Lipinski definition) is 3. The SMILES string of the molecule is CC(=O)O.CC(C)[C@H](NCc1ccncc1)C(=O)O. The van der Waals surface area contributed by atoms with E-state index in [0.717, 1.165) is 12.5 Å². The average Bonchev–Trinajstić information content (AvgIpc) is 2.28. The van der Waals surface area contributed by atoms with Gasteiger partial charge in [-0.15, -0.1) is 0 Å². The molecule has 1 atom stereocenters. The molecule has 0 radical (unpaired) electrons. The van der Waals surface area contributed by atoms with Gasteiger partial charge in [0.05, 0.1) is 0 Å². The molecule has 1 aromatic heterocycles. The van der Waals surface area contributed by atoms with Crippen LogP contribution in [0.15, 0.2) is 24.5 Å². The quantitative estimate of drug-likeness (QED) is 0.746. The van der Waals surface area contributed by atoms with Crippen molar-refractivity contribution >= 4 is 11.9 Å². The number of carboxylic acids is 2. The van der Waals surface area contributed by atoms with E-state index in [-0.39, 0.29) is 5.92 Å². The molecule has 0 amide bonds. The zero-order valence-corrected chi connectivity index (χ0v) is 11.3. The molecule has 106 valence electrons. The molecule has 19 heavy (non-hydrogen) atoms. The van der Waals surface area contributed by atoms with Crippen LogP contribution < -0.4 is 5.32 Å². The van der Waals surface area contributed by atoms with Crippen molar-refractivity contribution in [3.63, 3.8) is 0 Å². The minimum Gasteiger partial charge on any atom is -0.481 e. The monoisotopic (exact) mass is 268 g/mol. The van der Waals surface area contributed by atoms with Gasteiger partial charge in [-0.25, -0.2) is 0 Å². The third kappa shape index (κ3) is 8.73. The molecular formula is C13H20N2O4. The minimum atomic E-state index is -0.833. The van der Waals surface area contributed by atoms with Crippen LogP contribution in [0.25, 0.3) is 0 Å². The smallest absolute Gasteiger partial charge is 0.320 e. The van der Waals surface area contributed by atoms with Gasteiger partial charge < -0.3 is 15.5 Å². The van der Waals surface area contributed by atoms with Gasteiger partial charge in [-0.3, -0.25) is 14.6 Å². The number of aromatic nitrogens is 1. The van der Waals surface area contributed by atoms with E-state index in [4.69, 9.17) is 15.0 Å². The summed E-state index contributed by atoms with van der Waals surface area (Å²) in [6.45, 7) is 5.41. The van der Waals surface area contributed by atoms with Gasteiger partial charge in [-0.1, -0.05) is 13.8 Å². The zero-order valence-electron chi connectivity index (χ0n) is 11.3. The number of rotatable bonds is 5. The fourth-order valence-electron chi connectivity index (χ4n) is 1.34. The van der Waals surface area contributed by atoms with Crippen molar-refractivity contribution in [1.29, 1.82) is 0 Å². The van der Waals surface area contributed by atoms with E-state index in [2.05, 4.69) is 10.3 Å². The number of carboxylic acid groups (broad SMARTS) is 2. The van der Waals surface area contributed by atoms with Crippen LogP contribution in [-0.4, -0.2) is 33.2 Å². The van der Waals surface area contributed by atoms with Crippen molar-refractivity contribution in [2.75, 3.05) is 0 Å². The molecule has 0 aromatic carbocycles. The Bertz CT molecular complexity index is 389. The van der Waals surface area contributed by atoms with Gasteiger partial charge in [0.25, 0.3) is 5.97 Å². The zero-order chi connectivity index (χ0) is 14.8. The maximum absolute atomic E-state index is 10.9. The van der Waals surface area contributed by atoms with Gasteiger partial charge in [0.15, 0.2) is 0 Å². The van der Waals surface area contributed by atoms with Gasteiger partial charge in [-0.2, -0.15) is 0 Å². The summed E-state index contributed by atoms with van der Waals surface area (Å²) in [6, 6.07) is 3.23. The van der Waals surface area contributed by atoms with Crippen LogP contribution in [0, 0.1) is 5.92 Å². The molecule has 6 heteroatoms. The van der Waals surface area contributed by atoms with E-state index < -0.39 is 18.0 Å². The highest BCUT2D eigenvalue weighted by molar-refractivity contribution is 5.73. The lowest BCUT2D eigenvalue weighted by molar-refractivity contribution is -0.140. The van der Waals surface area contributed by atoms with Crippen LogP contribution >= 0.6 is 0 Å². The highest BCUT2D eigenvalue weighted by atomic mass is 16.4. The summed E-state index contributed by atoms with van der Waals surface area (Å²) in [4.78, 5) is 23.8. The Labute approximate surface area is 112 Å². The highest BCUT2D eigenvalue weighted by Crippen LogP contribution is 2.04. The molecule has 1 rings (SSSR count). The molecule has 1 heterocycles. The van der Waals surface area contributed by atoms with Gasteiger partial charge in [-0.05, 0) is 23.6 Å². The summed E-state index contributed by atoms with van der Waals surface area (Å²) in [5, 5.41) is 19.4. The summed E-state index contributed by atoms with van der Waals surface area (Å²) in [5.74, 6) is -1.57. The molecule has 3 N–H and O–H groups in total. The number of aliphatic carboxylic acids is 2. The Kier molecular flexibility index (Phi) is 8.12. The third-order valence-electron chi connectivity index (χ3n) is 2.21. The van der Waals surface area contributed by atoms with Crippen molar-refractivity contribution < 1.29 is 19.8 Å². The number of pyridine rings is 1. The lowest BCUT2D eigenvalue weighted by Gasteiger charge is -2.17. The normalized spacial score (nSPS) is 11.4. The molecule has 6 nitrogen and oxygen atoms in total. The summed E-state index contributed by atoms with van der Waals surface area (Å²) >= 11 is 0. The molecule has 0 saturated carbocycles. The molecule has 0 unspecified atom stereocenters. The largest absolute Gasteiger partial charge is 0.481 e. The van der Waals surface area contributed by atoms with Crippen LogP contribution in [0.4, 0.5) is 0 Å². The third-order valence-corrected chi connectivity index (χ3v) is 2.21. The predicted octanol–water partition coefficient (Wildman–Crippen LogP) is 1.37. The average molecular weight is 268 g/mol. The topological polar surface area (TPSA) is 99.5 Å². The fourth-order valence-corrected chi connectivity index (χ4v) is 1.34. The van der Waals surface area contributed by atoms with Gasteiger partial charge in [0.2, 0.25) is 0 Å². The van der Waals surface area contributed by atoms with E-state index in [1.807, 2.05) is 26.0 Å². The van der Waals surface area contributed by atoms with E-state index in [1.165, 1.54) is 0 Å². The Morgan fingerprint density at radius 3 is 2.11 bits per heavy atom. The first-order valence-corrected chi connectivity index (χ1v) is 5.89. The standard InChI is InChI=1S/C11H16N2O2.C2H4O2/c1-8(2)10(11(14)15)13-7-9-3-5-12-6-4-9;1-2(3)4/h3-6,8,10,13H,7H2,1-2H3,(H,14,15);1H3,(H,3,4)/t10-;/m0./s1. The van der Waals surface area contributed by atoms with Crippen molar-refractivity contribution in [1.82, 2.24) is 10.3 Å². The Balaban J connectivity index is 0.000000711. The molecule has 0 spiro atoms. The summed E-state index contributed by atoms with van der Waals surface area (Å²) < 4.78 is 0. The van der Waals surface area contributed by atoms with Crippen molar-refractivity contribution in [2.24, 2.45) is 5.92 Å². The second-order valence-electron chi connectivity index (χ2n) is 4.32. The molecular weight excluding hydrogens is 248 g/mol. The van der Waals surface area contributed by atoms with Crippen LogP contribution in [0.1, 0.15) is 26.3 Å². The van der Waals surface area contributed by atoms with Gasteiger partial charge in [0.1, 0.15) is 6.04 Å². The van der Waals surface area contributed by atoms with Crippen molar-refractivity contribution in [3.8, 4) is 0 Å². The van der Waals surface area contributed by atoms with E-state index >= 15 is 0 Å². The number of nitrogens with one attached hydrogen (secondary N) is 1. The van der Waals surface area contributed by atoms with E-state index in [0.29, 0.717) is 6.54 Å². The Morgan fingerprint density at radius 2 is 1.74 bits per heavy atom. The van der Waals surface area contributed by atoms with E-state index in [1.54, 1.807) is 12.4 Å². The van der Waals surface area contributed by atoms with Crippen molar-refractivity contribution in [2.45, 2.75) is 33.4 Å². The second kappa shape index (κ2) is 9.04. The Hall–Kier alpha value is -1.95. The van der Waals surface area contributed by atoms with Crippen LogP contribution in [0.2, 0.25) is 0 Å². The first-order chi connectivity index (χ1) is 8.84. The second-order valence-corrected chi connectivity index (χ2v) is 4.32. The molecule has 1 aromatic rings. The van der Waals surface area contributed by atoms with E-state index in [9.17, 15) is 4.79 Å². The van der Waals surface area contributed by atoms with Gasteiger partial charge in [0, 0.05) is 25.9 Å². The number of carbonyl (C=O) groups is 2. The van der Waals surface area contributed by atoms with Crippen LogP contribution in [0.3, 0.4) is 0 Å². The molecule has 0 bridgehead atoms. The van der Waals surface area contributed by atoms with Gasteiger partial charge >= 0.3 is 5.97 Å².